The molecule has 3 heterocycles. The number of rotatable bonds is 4. The number of hydrogen-bond donors (Lipinski definition) is 3. The van der Waals surface area contributed by atoms with Crippen molar-refractivity contribution >= 4 is 46.1 Å². The maximum atomic E-state index is 12.0. The molecule has 0 unspecified atom stereocenters. The first-order valence-corrected chi connectivity index (χ1v) is 10.5. The predicted molar refractivity (Wildman–Crippen MR) is 119 cm³/mol. The van der Waals surface area contributed by atoms with E-state index in [1.165, 1.54) is 6.42 Å². The quantitative estimate of drug-likeness (QED) is 0.578. The summed E-state index contributed by atoms with van der Waals surface area (Å²) in [7, 11) is -0.452. The average Bonchev–Trinajstić information content (AvgIpc) is 3.11. The van der Waals surface area contributed by atoms with Crippen LogP contribution in [0.4, 0.5) is 5.82 Å². The van der Waals surface area contributed by atoms with Gasteiger partial charge in [-0.3, -0.25) is 4.79 Å². The van der Waals surface area contributed by atoms with Crippen molar-refractivity contribution in [2.75, 3.05) is 5.32 Å². The monoisotopic (exact) mass is 406 g/mol. The molecule has 1 saturated carbocycles. The normalized spacial score (nSPS) is 20.6. The number of hydrogen-bond acceptors (Lipinski definition) is 5. The summed E-state index contributed by atoms with van der Waals surface area (Å²) in [6, 6.07) is 6.50. The van der Waals surface area contributed by atoms with E-state index in [0.717, 1.165) is 40.4 Å². The zero-order valence-electron chi connectivity index (χ0n) is 17.8. The van der Waals surface area contributed by atoms with E-state index in [1.54, 1.807) is 6.20 Å². The number of H-pyrrole nitrogens is 1. The molecular weight excluding hydrogens is 379 g/mol. The molecule has 2 aliphatic rings. The summed E-state index contributed by atoms with van der Waals surface area (Å²) in [5.41, 5.74) is 7.72. The summed E-state index contributed by atoms with van der Waals surface area (Å²) < 4.78 is 12.4. The highest BCUT2D eigenvalue weighted by atomic mass is 16.7. The van der Waals surface area contributed by atoms with Crippen LogP contribution in [-0.2, 0) is 9.31 Å². The number of nitrogens with two attached hydrogens (primary N) is 1. The molecule has 30 heavy (non-hydrogen) atoms. The molecule has 7 nitrogen and oxygen atoms in total. The van der Waals surface area contributed by atoms with Crippen molar-refractivity contribution in [1.82, 2.24) is 9.97 Å². The van der Waals surface area contributed by atoms with Crippen LogP contribution in [-0.4, -0.2) is 40.2 Å². The highest BCUT2D eigenvalue weighted by Gasteiger charge is 2.51. The minimum Gasteiger partial charge on any atom is -0.399 e. The van der Waals surface area contributed by atoms with E-state index in [2.05, 4.69) is 15.3 Å². The van der Waals surface area contributed by atoms with Gasteiger partial charge in [-0.2, -0.15) is 0 Å². The molecule has 8 heteroatoms. The Balaban J connectivity index is 1.63. The van der Waals surface area contributed by atoms with Crippen LogP contribution in [0.1, 0.15) is 57.3 Å². The zero-order valence-corrected chi connectivity index (χ0v) is 17.8. The molecule has 156 valence electrons. The molecule has 0 atom stereocenters. The molecule has 3 aromatic rings. The second-order valence-corrected chi connectivity index (χ2v) is 9.43. The lowest BCUT2D eigenvalue weighted by Crippen LogP contribution is -2.41. The van der Waals surface area contributed by atoms with Crippen LogP contribution in [0.2, 0.25) is 0 Å². The van der Waals surface area contributed by atoms with Crippen LogP contribution in [0.5, 0.6) is 0 Å². The smallest absolute Gasteiger partial charge is 0.399 e. The van der Waals surface area contributed by atoms with Crippen molar-refractivity contribution in [1.29, 1.82) is 0 Å². The van der Waals surface area contributed by atoms with Crippen molar-refractivity contribution in [2.45, 2.75) is 64.2 Å². The topological polar surface area (TPSA) is 102 Å². The van der Waals surface area contributed by atoms with E-state index in [9.17, 15) is 4.79 Å². The molecule has 0 bridgehead atoms. The summed E-state index contributed by atoms with van der Waals surface area (Å²) >= 11 is 0. The van der Waals surface area contributed by atoms with Gasteiger partial charge in [0.2, 0.25) is 0 Å². The Morgan fingerprint density at radius 3 is 2.53 bits per heavy atom. The molecule has 0 spiro atoms. The van der Waals surface area contributed by atoms with Crippen LogP contribution < -0.4 is 16.5 Å². The molecule has 1 saturated heterocycles. The summed E-state index contributed by atoms with van der Waals surface area (Å²) in [6.07, 6.45) is 5.05. The number of pyridine rings is 1. The van der Waals surface area contributed by atoms with Crippen LogP contribution >= 0.6 is 0 Å². The van der Waals surface area contributed by atoms with Crippen LogP contribution in [0.3, 0.4) is 0 Å². The highest BCUT2D eigenvalue weighted by molar-refractivity contribution is 6.62. The Kier molecular flexibility index (Phi) is 4.18. The maximum absolute atomic E-state index is 12.0. The number of aromatic nitrogens is 2. The highest BCUT2D eigenvalue weighted by Crippen LogP contribution is 2.38. The Morgan fingerprint density at radius 2 is 1.93 bits per heavy atom. The largest absolute Gasteiger partial charge is 0.494 e. The minimum atomic E-state index is -0.500. The molecule has 1 aliphatic carbocycles. The van der Waals surface area contributed by atoms with Crippen molar-refractivity contribution in [3.8, 4) is 0 Å². The fourth-order valence-electron chi connectivity index (χ4n) is 4.09. The third kappa shape index (κ3) is 2.89. The first kappa shape index (κ1) is 19.4. The molecule has 2 fully saturated rings. The standard InChI is InChI=1S/C22H27BN4O3/c1-21(2)22(3,4)30-23(29-21)12-8-9-14-16(10-12)27-18-15(19(24)28)11-25-20(17(14)18)26-13-6-5-7-13/h8-11,13,27H,5-7H2,1-4H3,(H2,24,28)(H,25,26). The van der Waals surface area contributed by atoms with Gasteiger partial charge >= 0.3 is 7.12 Å². The van der Waals surface area contributed by atoms with E-state index >= 15 is 0 Å². The van der Waals surface area contributed by atoms with Gasteiger partial charge < -0.3 is 25.3 Å². The van der Waals surface area contributed by atoms with E-state index in [4.69, 9.17) is 15.0 Å². The van der Waals surface area contributed by atoms with Crippen LogP contribution in [0, 0.1) is 0 Å². The van der Waals surface area contributed by atoms with Gasteiger partial charge in [0.15, 0.2) is 0 Å². The SMILES string of the molecule is CC1(C)OB(c2ccc3c(c2)[nH]c2c(C(N)=O)cnc(NC4CCC4)c23)OC1(C)C. The fourth-order valence-corrected chi connectivity index (χ4v) is 4.09. The number of primary amides is 1. The van der Waals surface area contributed by atoms with Crippen LogP contribution in [0.25, 0.3) is 21.8 Å². The lowest BCUT2D eigenvalue weighted by Gasteiger charge is -2.32. The van der Waals surface area contributed by atoms with E-state index in [-0.39, 0.29) is 0 Å². The number of nitrogens with one attached hydrogen (secondary N) is 2. The molecule has 0 radical (unpaired) electrons. The van der Waals surface area contributed by atoms with Crippen LogP contribution in [0.15, 0.2) is 24.4 Å². The fraction of sp³-hybridized carbons (Fsp3) is 0.455. The second-order valence-electron chi connectivity index (χ2n) is 9.43. The second kappa shape index (κ2) is 6.46. The number of carbonyl (C=O) groups is 1. The van der Waals surface area contributed by atoms with Gasteiger partial charge in [-0.25, -0.2) is 4.98 Å². The molecule has 4 N–H and O–H groups in total. The van der Waals surface area contributed by atoms with Gasteiger partial charge in [0.05, 0.1) is 27.7 Å². The zero-order chi connectivity index (χ0) is 21.3. The van der Waals surface area contributed by atoms with Gasteiger partial charge in [0.25, 0.3) is 5.91 Å². The summed E-state index contributed by atoms with van der Waals surface area (Å²) in [6.45, 7) is 8.16. The van der Waals surface area contributed by atoms with Crippen molar-refractivity contribution in [3.05, 3.63) is 30.0 Å². The first-order chi connectivity index (χ1) is 14.2. The minimum absolute atomic E-state index is 0.387. The molecular formula is C22H27BN4O3. The van der Waals surface area contributed by atoms with Gasteiger partial charge in [-0.05, 0) is 58.5 Å². The lowest BCUT2D eigenvalue weighted by molar-refractivity contribution is 0.00578. The lowest BCUT2D eigenvalue weighted by atomic mass is 9.79. The summed E-state index contributed by atoms with van der Waals surface area (Å²) in [5, 5.41) is 5.41. The van der Waals surface area contributed by atoms with E-state index < -0.39 is 24.2 Å². The Bertz CT molecular complexity index is 1150. The maximum Gasteiger partial charge on any atom is 0.494 e. The molecule has 1 aliphatic heterocycles. The average molecular weight is 406 g/mol. The molecule has 2 aromatic heterocycles. The number of carbonyl (C=O) groups excluding carboxylic acids is 1. The molecule has 1 aromatic carbocycles. The van der Waals surface area contributed by atoms with Crippen molar-refractivity contribution in [3.63, 3.8) is 0 Å². The van der Waals surface area contributed by atoms with E-state index in [1.807, 2.05) is 45.9 Å². The Labute approximate surface area is 175 Å². The third-order valence-corrected chi connectivity index (χ3v) is 6.89. The van der Waals surface area contributed by atoms with Gasteiger partial charge in [0.1, 0.15) is 5.82 Å². The summed E-state index contributed by atoms with van der Waals surface area (Å²) in [5.74, 6) is 0.287. The molecule has 1 amide bonds. The Morgan fingerprint density at radius 1 is 1.23 bits per heavy atom. The third-order valence-electron chi connectivity index (χ3n) is 6.89. The predicted octanol–water partition coefficient (Wildman–Crippen LogP) is 3.08. The number of nitrogens with zero attached hydrogens (tertiary/aromatic N) is 1. The number of fused-ring (bicyclic) bond motifs is 3. The van der Waals surface area contributed by atoms with E-state index in [0.29, 0.717) is 17.1 Å². The van der Waals surface area contributed by atoms with Gasteiger partial charge in [-0.1, -0.05) is 12.1 Å². The van der Waals surface area contributed by atoms with Crippen molar-refractivity contribution < 1.29 is 14.1 Å². The number of anilines is 1. The number of aromatic amines is 1. The van der Waals surface area contributed by atoms with Gasteiger partial charge in [-0.15, -0.1) is 0 Å². The molecule has 5 rings (SSSR count). The summed E-state index contributed by atoms with van der Waals surface area (Å²) in [4.78, 5) is 19.9. The Hall–Kier alpha value is -2.58. The van der Waals surface area contributed by atoms with Gasteiger partial charge in [0, 0.05) is 23.1 Å². The first-order valence-electron chi connectivity index (χ1n) is 10.5. The number of amides is 1. The van der Waals surface area contributed by atoms with Crippen molar-refractivity contribution in [2.24, 2.45) is 5.73 Å². The number of benzene rings is 1.